The quantitative estimate of drug-likeness (QED) is 0.339. The van der Waals surface area contributed by atoms with Crippen LogP contribution in [0.2, 0.25) is 0 Å². The molecule has 74 valence electrons. The molecule has 0 aliphatic heterocycles. The first-order chi connectivity index (χ1) is 5.95. The van der Waals surface area contributed by atoms with Crippen molar-refractivity contribution in [2.45, 2.75) is 6.92 Å². The topological polar surface area (TPSA) is 107 Å². The van der Waals surface area contributed by atoms with Crippen LogP contribution in [0.25, 0.3) is 0 Å². The fourth-order valence-electron chi connectivity index (χ4n) is 0.193. The van der Waals surface area contributed by atoms with E-state index in [1.807, 2.05) is 0 Å². The lowest BCUT2D eigenvalue weighted by atomic mass is 10.6. The normalized spacial score (nSPS) is 7.46. The Balaban J connectivity index is 0. The van der Waals surface area contributed by atoms with E-state index in [9.17, 15) is 14.4 Å². The summed E-state index contributed by atoms with van der Waals surface area (Å²) in [7, 11) is 0. The van der Waals surface area contributed by atoms with Crippen LogP contribution in [0.4, 0.5) is 0 Å². The molecule has 0 unspecified atom stereocenters. The summed E-state index contributed by atoms with van der Waals surface area (Å²) in [5.74, 6) is -3.23. The molecule has 3 N–H and O–H groups in total. The molecular weight excluding hydrogens is 178 g/mol. The van der Waals surface area contributed by atoms with Crippen LogP contribution in [0.3, 0.4) is 0 Å². The summed E-state index contributed by atoms with van der Waals surface area (Å²) >= 11 is 0. The molecule has 13 heavy (non-hydrogen) atoms. The maximum atomic E-state index is 9.92. The Morgan fingerprint density at radius 2 is 1.92 bits per heavy atom. The van der Waals surface area contributed by atoms with Crippen molar-refractivity contribution in [2.24, 2.45) is 5.73 Å². The average molecular weight is 189 g/mol. The zero-order chi connectivity index (χ0) is 10.9. The molecule has 6 heteroatoms. The van der Waals surface area contributed by atoms with Crippen LogP contribution in [-0.4, -0.2) is 29.6 Å². The largest absolute Gasteiger partial charge is 0.473 e. The van der Waals surface area contributed by atoms with Crippen LogP contribution < -0.4 is 5.73 Å². The number of amides is 1. The van der Waals surface area contributed by atoms with Crippen molar-refractivity contribution in [3.8, 4) is 0 Å². The molecule has 0 rings (SSSR count). The summed E-state index contributed by atoms with van der Waals surface area (Å²) < 4.78 is 4.06. The number of rotatable bonds is 2. The SMILES string of the molecule is C=CC(N)=O.CCOC(=O)C(=O)O. The van der Waals surface area contributed by atoms with E-state index in [1.54, 1.807) is 6.92 Å². The number of primary amides is 1. The minimum absolute atomic E-state index is 0.102. The molecule has 0 aliphatic carbocycles. The van der Waals surface area contributed by atoms with Gasteiger partial charge >= 0.3 is 11.9 Å². The number of ether oxygens (including phenoxy) is 1. The number of hydrogen-bond donors (Lipinski definition) is 2. The summed E-state index contributed by atoms with van der Waals surface area (Å²) in [6.45, 7) is 4.73. The fraction of sp³-hybridized carbons (Fsp3) is 0.286. The smallest absolute Gasteiger partial charge is 0.417 e. The Labute approximate surface area is 75.0 Å². The molecule has 0 aromatic heterocycles. The van der Waals surface area contributed by atoms with E-state index in [0.717, 1.165) is 6.08 Å². The van der Waals surface area contributed by atoms with E-state index < -0.39 is 17.8 Å². The van der Waals surface area contributed by atoms with Crippen LogP contribution in [0.15, 0.2) is 12.7 Å². The molecule has 1 amide bonds. The minimum atomic E-state index is -1.55. The van der Waals surface area contributed by atoms with Gasteiger partial charge in [-0.3, -0.25) is 4.79 Å². The number of carboxylic acids is 1. The molecule has 0 atom stereocenters. The highest BCUT2D eigenvalue weighted by Gasteiger charge is 2.09. The van der Waals surface area contributed by atoms with Gasteiger partial charge in [-0.05, 0) is 13.0 Å². The molecule has 0 aliphatic rings. The van der Waals surface area contributed by atoms with Gasteiger partial charge in [0.2, 0.25) is 5.91 Å². The minimum Gasteiger partial charge on any atom is -0.473 e. The van der Waals surface area contributed by atoms with Crippen molar-refractivity contribution in [2.75, 3.05) is 6.61 Å². The van der Waals surface area contributed by atoms with E-state index in [2.05, 4.69) is 17.0 Å². The highest BCUT2D eigenvalue weighted by molar-refractivity contribution is 6.28. The zero-order valence-corrected chi connectivity index (χ0v) is 7.15. The highest BCUT2D eigenvalue weighted by atomic mass is 16.6. The predicted molar refractivity (Wildman–Crippen MR) is 43.7 cm³/mol. The third-order valence-corrected chi connectivity index (χ3v) is 0.651. The maximum Gasteiger partial charge on any atom is 0.417 e. The molecule has 0 aromatic rings. The van der Waals surface area contributed by atoms with Crippen LogP contribution >= 0.6 is 0 Å². The standard InChI is InChI=1S/C4H6O4.C3H5NO/c1-2-8-4(7)3(5)6;1-2-3(4)5/h2H2,1H3,(H,5,6);2H,1H2,(H2,4,5). The van der Waals surface area contributed by atoms with E-state index in [1.165, 1.54) is 0 Å². The molecule has 0 saturated heterocycles. The van der Waals surface area contributed by atoms with E-state index >= 15 is 0 Å². The first kappa shape index (κ1) is 13.7. The Morgan fingerprint density at radius 1 is 1.54 bits per heavy atom. The first-order valence-electron chi connectivity index (χ1n) is 3.27. The van der Waals surface area contributed by atoms with Gasteiger partial charge in [0.1, 0.15) is 0 Å². The van der Waals surface area contributed by atoms with Crippen molar-refractivity contribution < 1.29 is 24.2 Å². The van der Waals surface area contributed by atoms with E-state index in [4.69, 9.17) is 5.11 Å². The zero-order valence-electron chi connectivity index (χ0n) is 7.15. The maximum absolute atomic E-state index is 9.92. The molecule has 0 spiro atoms. The molecule has 6 nitrogen and oxygen atoms in total. The lowest BCUT2D eigenvalue weighted by molar-refractivity contribution is -0.163. The summed E-state index contributed by atoms with van der Waals surface area (Å²) in [5, 5.41) is 7.84. The van der Waals surface area contributed by atoms with Crippen LogP contribution in [0.1, 0.15) is 6.92 Å². The molecule has 0 bridgehead atoms. The second-order valence-corrected chi connectivity index (χ2v) is 1.63. The summed E-state index contributed by atoms with van der Waals surface area (Å²) in [5.41, 5.74) is 4.53. The van der Waals surface area contributed by atoms with Gasteiger partial charge in [-0.25, -0.2) is 9.59 Å². The summed E-state index contributed by atoms with van der Waals surface area (Å²) in [4.78, 5) is 29.0. The molecular formula is C7H11NO5. The fourth-order valence-corrected chi connectivity index (χ4v) is 0.193. The first-order valence-corrected chi connectivity index (χ1v) is 3.27. The van der Waals surface area contributed by atoms with E-state index in [0.29, 0.717) is 0 Å². The number of nitrogens with two attached hydrogens (primary N) is 1. The lowest BCUT2D eigenvalue weighted by Crippen LogP contribution is -2.15. The summed E-state index contributed by atoms with van der Waals surface area (Å²) in [6.07, 6.45) is 1.06. The van der Waals surface area contributed by atoms with Gasteiger partial charge in [-0.15, -0.1) is 0 Å². The number of carbonyl (C=O) groups excluding carboxylic acids is 2. The summed E-state index contributed by atoms with van der Waals surface area (Å²) in [6, 6.07) is 0. The average Bonchev–Trinajstić information content (AvgIpc) is 2.06. The van der Waals surface area contributed by atoms with E-state index in [-0.39, 0.29) is 6.61 Å². The van der Waals surface area contributed by atoms with Crippen LogP contribution in [0.5, 0.6) is 0 Å². The Kier molecular flexibility index (Phi) is 8.71. The lowest BCUT2D eigenvalue weighted by Gasteiger charge is -1.91. The number of carboxylic acid groups (broad SMARTS) is 1. The van der Waals surface area contributed by atoms with Gasteiger partial charge < -0.3 is 15.6 Å². The Bertz CT molecular complexity index is 211. The number of aliphatic carboxylic acids is 1. The van der Waals surface area contributed by atoms with Crippen molar-refractivity contribution in [3.05, 3.63) is 12.7 Å². The molecule has 0 radical (unpaired) electrons. The molecule has 0 saturated carbocycles. The van der Waals surface area contributed by atoms with Crippen molar-refractivity contribution in [1.29, 1.82) is 0 Å². The van der Waals surface area contributed by atoms with Crippen molar-refractivity contribution in [1.82, 2.24) is 0 Å². The van der Waals surface area contributed by atoms with Gasteiger partial charge in [0.25, 0.3) is 0 Å². The number of hydrogen-bond acceptors (Lipinski definition) is 4. The third kappa shape index (κ3) is 13.2. The third-order valence-electron chi connectivity index (χ3n) is 0.651. The molecule has 0 fully saturated rings. The van der Waals surface area contributed by atoms with Gasteiger partial charge in [0.15, 0.2) is 0 Å². The highest BCUT2D eigenvalue weighted by Crippen LogP contribution is 1.74. The van der Waals surface area contributed by atoms with Crippen LogP contribution in [0, 0.1) is 0 Å². The number of esters is 1. The second-order valence-electron chi connectivity index (χ2n) is 1.63. The monoisotopic (exact) mass is 189 g/mol. The molecule has 0 aromatic carbocycles. The van der Waals surface area contributed by atoms with Gasteiger partial charge in [-0.2, -0.15) is 0 Å². The van der Waals surface area contributed by atoms with Gasteiger partial charge in [0.05, 0.1) is 6.61 Å². The van der Waals surface area contributed by atoms with Gasteiger partial charge in [-0.1, -0.05) is 6.58 Å². The van der Waals surface area contributed by atoms with Crippen molar-refractivity contribution >= 4 is 17.8 Å². The second kappa shape index (κ2) is 8.25. The Morgan fingerprint density at radius 3 is 2.00 bits per heavy atom. The van der Waals surface area contributed by atoms with Crippen LogP contribution in [-0.2, 0) is 19.1 Å². The number of carbonyl (C=O) groups is 3. The van der Waals surface area contributed by atoms with Crippen molar-refractivity contribution in [3.63, 3.8) is 0 Å². The molecule has 0 heterocycles. The Hall–Kier alpha value is -1.85. The van der Waals surface area contributed by atoms with Gasteiger partial charge in [0, 0.05) is 0 Å². The predicted octanol–water partition coefficient (Wildman–Crippen LogP) is -0.708.